The van der Waals surface area contributed by atoms with E-state index < -0.39 is 28.5 Å². The van der Waals surface area contributed by atoms with Crippen molar-refractivity contribution in [3.63, 3.8) is 0 Å². The van der Waals surface area contributed by atoms with Crippen molar-refractivity contribution in [1.29, 1.82) is 0 Å². The van der Waals surface area contributed by atoms with Crippen LogP contribution in [-0.2, 0) is 26.2 Å². The molecule has 1 atom stereocenters. The molecule has 0 saturated heterocycles. The zero-order valence-corrected chi connectivity index (χ0v) is 19.7. The Hall–Kier alpha value is -2.58. The first-order chi connectivity index (χ1) is 14.6. The summed E-state index contributed by atoms with van der Waals surface area (Å²) in [6.45, 7) is 3.45. The number of halogens is 1. The lowest BCUT2D eigenvalue weighted by Crippen LogP contribution is -2.51. The summed E-state index contributed by atoms with van der Waals surface area (Å²) >= 11 is 6.20. The van der Waals surface area contributed by atoms with E-state index in [1.807, 2.05) is 31.2 Å². The third-order valence-electron chi connectivity index (χ3n) is 4.87. The second kappa shape index (κ2) is 10.6. The fourth-order valence-electron chi connectivity index (χ4n) is 3.34. The number of nitrogens with one attached hydrogen (secondary N) is 1. The average Bonchev–Trinajstić information content (AvgIpc) is 2.71. The van der Waals surface area contributed by atoms with Crippen molar-refractivity contribution in [3.8, 4) is 0 Å². The van der Waals surface area contributed by atoms with Crippen LogP contribution >= 0.6 is 11.6 Å². The highest BCUT2D eigenvalue weighted by atomic mass is 35.5. The first-order valence-electron chi connectivity index (χ1n) is 9.87. The molecule has 0 radical (unpaired) electrons. The Morgan fingerprint density at radius 2 is 1.81 bits per heavy atom. The Balaban J connectivity index is 2.44. The molecule has 1 N–H and O–H groups in total. The second-order valence-corrected chi connectivity index (χ2v) is 9.58. The maximum absolute atomic E-state index is 13.4. The number of hydrogen-bond acceptors (Lipinski definition) is 4. The maximum atomic E-state index is 13.4. The molecule has 168 valence electrons. The molecule has 2 aromatic rings. The molecule has 0 heterocycles. The van der Waals surface area contributed by atoms with Crippen molar-refractivity contribution in [3.05, 3.63) is 64.7 Å². The molecule has 0 saturated carbocycles. The highest BCUT2D eigenvalue weighted by molar-refractivity contribution is 7.92. The molecule has 0 unspecified atom stereocenters. The number of amides is 2. The number of aryl methyl sites for hydroxylation is 1. The van der Waals surface area contributed by atoms with Crippen molar-refractivity contribution in [2.75, 3.05) is 24.2 Å². The zero-order chi connectivity index (χ0) is 23.2. The first kappa shape index (κ1) is 24.7. The molecule has 9 heteroatoms. The van der Waals surface area contributed by atoms with E-state index in [1.54, 1.807) is 25.1 Å². The van der Waals surface area contributed by atoms with Gasteiger partial charge in [-0.2, -0.15) is 0 Å². The van der Waals surface area contributed by atoms with E-state index in [2.05, 4.69) is 5.32 Å². The fourth-order valence-corrected chi connectivity index (χ4v) is 4.49. The van der Waals surface area contributed by atoms with Gasteiger partial charge in [0.15, 0.2) is 0 Å². The van der Waals surface area contributed by atoms with Gasteiger partial charge in [-0.1, -0.05) is 60.5 Å². The second-order valence-electron chi connectivity index (χ2n) is 7.27. The van der Waals surface area contributed by atoms with Gasteiger partial charge >= 0.3 is 0 Å². The number of likely N-dealkylation sites (N-methyl/N-ethyl adjacent to an activating group) is 1. The summed E-state index contributed by atoms with van der Waals surface area (Å²) in [5, 5.41) is 2.80. The number of hydrogen-bond donors (Lipinski definition) is 1. The van der Waals surface area contributed by atoms with Crippen LogP contribution in [0.2, 0.25) is 5.02 Å². The van der Waals surface area contributed by atoms with Crippen LogP contribution < -0.4 is 9.62 Å². The van der Waals surface area contributed by atoms with Crippen LogP contribution in [0.1, 0.15) is 24.5 Å². The minimum Gasteiger partial charge on any atom is -0.357 e. The number of anilines is 1. The molecule has 2 aromatic carbocycles. The SMILES string of the molecule is CC[C@H](C(=O)NC)N(Cc1cccc(C)c1)C(=O)CN(c1ccccc1Cl)S(C)(=O)=O. The van der Waals surface area contributed by atoms with Gasteiger partial charge in [-0.25, -0.2) is 8.42 Å². The summed E-state index contributed by atoms with van der Waals surface area (Å²) in [7, 11) is -2.30. The Bertz CT molecular complexity index is 1040. The van der Waals surface area contributed by atoms with E-state index in [-0.39, 0.29) is 23.2 Å². The van der Waals surface area contributed by atoms with E-state index in [0.717, 1.165) is 21.7 Å². The molecule has 2 rings (SSSR count). The van der Waals surface area contributed by atoms with Gasteiger partial charge in [0, 0.05) is 13.6 Å². The first-order valence-corrected chi connectivity index (χ1v) is 12.1. The van der Waals surface area contributed by atoms with Gasteiger partial charge in [0.2, 0.25) is 21.8 Å². The van der Waals surface area contributed by atoms with Gasteiger partial charge in [-0.15, -0.1) is 0 Å². The Morgan fingerprint density at radius 1 is 1.13 bits per heavy atom. The predicted octanol–water partition coefficient (Wildman–Crippen LogP) is 2.97. The largest absolute Gasteiger partial charge is 0.357 e. The molecular weight excluding hydrogens is 438 g/mol. The van der Waals surface area contributed by atoms with Crippen LogP contribution in [0.25, 0.3) is 0 Å². The number of carbonyl (C=O) groups excluding carboxylic acids is 2. The highest BCUT2D eigenvalue weighted by Crippen LogP contribution is 2.27. The van der Waals surface area contributed by atoms with E-state index in [9.17, 15) is 18.0 Å². The molecule has 0 aliphatic heterocycles. The van der Waals surface area contributed by atoms with Crippen LogP contribution in [0.4, 0.5) is 5.69 Å². The van der Waals surface area contributed by atoms with E-state index in [0.29, 0.717) is 6.42 Å². The molecule has 31 heavy (non-hydrogen) atoms. The summed E-state index contributed by atoms with van der Waals surface area (Å²) in [5.74, 6) is -0.811. The van der Waals surface area contributed by atoms with Gasteiger partial charge in [-0.05, 0) is 31.0 Å². The van der Waals surface area contributed by atoms with Crippen molar-refractivity contribution in [2.45, 2.75) is 32.9 Å². The van der Waals surface area contributed by atoms with Crippen LogP contribution in [0.15, 0.2) is 48.5 Å². The minimum atomic E-state index is -3.81. The van der Waals surface area contributed by atoms with E-state index in [1.165, 1.54) is 18.0 Å². The standard InChI is InChI=1S/C22H28ClN3O4S/c1-5-19(22(28)24-3)25(14-17-10-8-9-16(2)13-17)21(27)15-26(31(4,29)30)20-12-7-6-11-18(20)23/h6-13,19H,5,14-15H2,1-4H3,(H,24,28)/t19-/m1/s1. The van der Waals surface area contributed by atoms with Gasteiger partial charge < -0.3 is 10.2 Å². The predicted molar refractivity (Wildman–Crippen MR) is 124 cm³/mol. The summed E-state index contributed by atoms with van der Waals surface area (Å²) in [6.07, 6.45) is 1.40. The molecule has 0 spiro atoms. The van der Waals surface area contributed by atoms with Crippen LogP contribution in [0.5, 0.6) is 0 Å². The lowest BCUT2D eigenvalue weighted by atomic mass is 10.1. The molecular formula is C22H28ClN3O4S. The smallest absolute Gasteiger partial charge is 0.244 e. The van der Waals surface area contributed by atoms with Crippen molar-refractivity contribution in [2.24, 2.45) is 0 Å². The molecule has 0 aliphatic carbocycles. The number of para-hydroxylation sites is 1. The van der Waals surface area contributed by atoms with Gasteiger partial charge in [0.05, 0.1) is 17.0 Å². The molecule has 0 aromatic heterocycles. The van der Waals surface area contributed by atoms with Gasteiger partial charge in [-0.3, -0.25) is 13.9 Å². The van der Waals surface area contributed by atoms with E-state index >= 15 is 0 Å². The maximum Gasteiger partial charge on any atom is 0.244 e. The number of benzene rings is 2. The summed E-state index contributed by atoms with van der Waals surface area (Å²) in [5.41, 5.74) is 2.08. The Kier molecular flexibility index (Phi) is 8.47. The number of rotatable bonds is 9. The molecule has 2 amide bonds. The molecule has 0 aliphatic rings. The third kappa shape index (κ3) is 6.45. The van der Waals surface area contributed by atoms with Crippen LogP contribution in [-0.4, -0.2) is 51.0 Å². The minimum absolute atomic E-state index is 0.173. The summed E-state index contributed by atoms with van der Waals surface area (Å²) in [4.78, 5) is 27.3. The average molecular weight is 466 g/mol. The topological polar surface area (TPSA) is 86.8 Å². The molecule has 7 nitrogen and oxygen atoms in total. The molecule has 0 fully saturated rings. The summed E-state index contributed by atoms with van der Waals surface area (Å²) in [6, 6.07) is 13.3. The van der Waals surface area contributed by atoms with Gasteiger partial charge in [0.25, 0.3) is 0 Å². The van der Waals surface area contributed by atoms with Crippen molar-refractivity contribution in [1.82, 2.24) is 10.2 Å². The monoisotopic (exact) mass is 465 g/mol. The number of sulfonamides is 1. The highest BCUT2D eigenvalue weighted by Gasteiger charge is 2.31. The third-order valence-corrected chi connectivity index (χ3v) is 6.31. The van der Waals surface area contributed by atoms with Crippen LogP contribution in [0, 0.1) is 6.92 Å². The number of nitrogens with zero attached hydrogens (tertiary/aromatic N) is 2. The zero-order valence-electron chi connectivity index (χ0n) is 18.1. The summed E-state index contributed by atoms with van der Waals surface area (Å²) < 4.78 is 26.0. The Morgan fingerprint density at radius 3 is 2.35 bits per heavy atom. The molecule has 0 bridgehead atoms. The fraction of sp³-hybridized carbons (Fsp3) is 0.364. The normalized spacial score (nSPS) is 12.2. The van der Waals surface area contributed by atoms with Crippen molar-refractivity contribution < 1.29 is 18.0 Å². The van der Waals surface area contributed by atoms with Gasteiger partial charge in [0.1, 0.15) is 12.6 Å². The van der Waals surface area contributed by atoms with E-state index in [4.69, 9.17) is 11.6 Å². The van der Waals surface area contributed by atoms with Crippen molar-refractivity contribution >= 4 is 39.1 Å². The number of carbonyl (C=O) groups is 2. The lowest BCUT2D eigenvalue weighted by Gasteiger charge is -2.32. The lowest BCUT2D eigenvalue weighted by molar-refractivity contribution is -0.140. The quantitative estimate of drug-likeness (QED) is 0.616. The Labute approximate surface area is 189 Å². The van der Waals surface area contributed by atoms with Crippen LogP contribution in [0.3, 0.4) is 0 Å².